The van der Waals surface area contributed by atoms with Crippen molar-refractivity contribution in [2.45, 2.75) is 44.0 Å². The van der Waals surface area contributed by atoms with Gasteiger partial charge in [-0.1, -0.05) is 0 Å². The van der Waals surface area contributed by atoms with E-state index in [2.05, 4.69) is 0 Å². The molecule has 2 heterocycles. The van der Waals surface area contributed by atoms with Crippen LogP contribution in [0.3, 0.4) is 0 Å². The highest BCUT2D eigenvalue weighted by Gasteiger charge is 2.37. The largest absolute Gasteiger partial charge is 0.490 e. The van der Waals surface area contributed by atoms with Gasteiger partial charge < -0.3 is 19.5 Å². The van der Waals surface area contributed by atoms with Crippen LogP contribution in [-0.2, 0) is 14.3 Å². The fraction of sp³-hybridized carbons (Fsp3) is 0.529. The zero-order valence-electron chi connectivity index (χ0n) is 14.1. The van der Waals surface area contributed by atoms with E-state index in [0.29, 0.717) is 44.5 Å². The van der Waals surface area contributed by atoms with Gasteiger partial charge in [0.2, 0.25) is 0 Å². The van der Waals surface area contributed by atoms with Crippen LogP contribution in [0.15, 0.2) is 24.3 Å². The maximum absolute atomic E-state index is 12.4. The number of likely N-dealkylation sites (tertiary alicyclic amines) is 1. The fourth-order valence-corrected chi connectivity index (χ4v) is 3.24. The molecule has 140 valence electrons. The smallest absolute Gasteiger partial charge is 0.332 e. The Balaban J connectivity index is 1.47. The third-order valence-corrected chi connectivity index (χ3v) is 4.67. The first-order valence-electron chi connectivity index (χ1n) is 8.52. The van der Waals surface area contributed by atoms with Crippen LogP contribution in [0.4, 0.5) is 5.69 Å². The van der Waals surface area contributed by atoms with Gasteiger partial charge in [0.15, 0.2) is 6.10 Å². The van der Waals surface area contributed by atoms with Gasteiger partial charge in [-0.15, -0.1) is 0 Å². The molecule has 1 amide bonds. The van der Waals surface area contributed by atoms with Gasteiger partial charge in [0, 0.05) is 38.1 Å². The lowest BCUT2D eigenvalue weighted by Crippen LogP contribution is -2.46. The van der Waals surface area contributed by atoms with Gasteiger partial charge >= 0.3 is 5.97 Å². The van der Waals surface area contributed by atoms with Crippen LogP contribution in [0.2, 0.25) is 0 Å². The van der Waals surface area contributed by atoms with E-state index in [4.69, 9.17) is 14.6 Å². The van der Waals surface area contributed by atoms with Crippen LogP contribution in [0.25, 0.3) is 0 Å². The first kappa shape index (κ1) is 18.1. The minimum absolute atomic E-state index is 0.00833. The topological polar surface area (TPSA) is 119 Å². The number of nitro groups is 1. The number of nitro benzene ring substituents is 1. The number of carbonyl (C=O) groups is 2. The number of carboxylic acid groups (broad SMARTS) is 1. The quantitative estimate of drug-likeness (QED) is 0.622. The summed E-state index contributed by atoms with van der Waals surface area (Å²) in [7, 11) is 0. The molecule has 0 radical (unpaired) electrons. The van der Waals surface area contributed by atoms with Gasteiger partial charge in [0.1, 0.15) is 18.0 Å². The van der Waals surface area contributed by atoms with E-state index in [1.165, 1.54) is 12.1 Å². The summed E-state index contributed by atoms with van der Waals surface area (Å²) >= 11 is 0. The number of nitrogens with zero attached hydrogens (tertiary/aromatic N) is 2. The summed E-state index contributed by atoms with van der Waals surface area (Å²) in [4.78, 5) is 35.2. The summed E-state index contributed by atoms with van der Waals surface area (Å²) in [6.07, 6.45) is 0.405. The fourth-order valence-electron chi connectivity index (χ4n) is 3.24. The van der Waals surface area contributed by atoms with Gasteiger partial charge in [-0.25, -0.2) is 4.79 Å². The summed E-state index contributed by atoms with van der Waals surface area (Å²) in [5.41, 5.74) is 0.00833. The molecular formula is C17H20N2O7. The Morgan fingerprint density at radius 2 is 1.73 bits per heavy atom. The number of hydrogen-bond acceptors (Lipinski definition) is 6. The van der Waals surface area contributed by atoms with Crippen molar-refractivity contribution in [2.75, 3.05) is 13.1 Å². The number of aliphatic carboxylic acids is 1. The van der Waals surface area contributed by atoms with Crippen LogP contribution >= 0.6 is 0 Å². The van der Waals surface area contributed by atoms with Crippen molar-refractivity contribution in [3.05, 3.63) is 34.4 Å². The molecule has 0 aliphatic carbocycles. The second kappa shape index (κ2) is 7.69. The lowest BCUT2D eigenvalue weighted by Gasteiger charge is -2.33. The van der Waals surface area contributed by atoms with E-state index in [-0.39, 0.29) is 17.7 Å². The summed E-state index contributed by atoms with van der Waals surface area (Å²) < 4.78 is 11.1. The number of piperidine rings is 1. The molecule has 0 bridgehead atoms. The summed E-state index contributed by atoms with van der Waals surface area (Å²) in [6.45, 7) is 1.02. The Labute approximate surface area is 149 Å². The van der Waals surface area contributed by atoms with Crippen molar-refractivity contribution in [1.29, 1.82) is 0 Å². The molecule has 0 spiro atoms. The maximum Gasteiger partial charge on any atom is 0.332 e. The Bertz CT molecular complexity index is 683. The average molecular weight is 364 g/mol. The highest BCUT2D eigenvalue weighted by molar-refractivity contribution is 5.82. The van der Waals surface area contributed by atoms with Gasteiger partial charge in [-0.3, -0.25) is 14.9 Å². The third kappa shape index (κ3) is 4.10. The van der Waals surface area contributed by atoms with E-state index in [9.17, 15) is 19.7 Å². The summed E-state index contributed by atoms with van der Waals surface area (Å²) in [5, 5.41) is 19.6. The van der Waals surface area contributed by atoms with Crippen LogP contribution < -0.4 is 4.74 Å². The number of ether oxygens (including phenoxy) is 2. The van der Waals surface area contributed by atoms with E-state index in [1.807, 2.05) is 0 Å². The number of carboxylic acids is 1. The Hall–Kier alpha value is -2.68. The zero-order chi connectivity index (χ0) is 18.7. The SMILES string of the molecule is O=C(O)[C@H]1CC[C@@H](C(=O)N2CCC(Oc3ccc([N+](=O)[O-])cc3)CC2)O1. The molecule has 3 rings (SSSR count). The number of benzene rings is 1. The van der Waals surface area contributed by atoms with Crippen molar-refractivity contribution in [1.82, 2.24) is 4.90 Å². The molecule has 2 atom stereocenters. The molecule has 0 saturated carbocycles. The number of rotatable bonds is 5. The van der Waals surface area contributed by atoms with E-state index in [1.54, 1.807) is 17.0 Å². The molecule has 9 nitrogen and oxygen atoms in total. The Morgan fingerprint density at radius 1 is 1.12 bits per heavy atom. The molecule has 0 aromatic heterocycles. The van der Waals surface area contributed by atoms with Crippen molar-refractivity contribution in [3.63, 3.8) is 0 Å². The first-order valence-corrected chi connectivity index (χ1v) is 8.52. The number of hydrogen-bond donors (Lipinski definition) is 1. The maximum atomic E-state index is 12.4. The van der Waals surface area contributed by atoms with Crippen molar-refractivity contribution in [3.8, 4) is 5.75 Å². The monoisotopic (exact) mass is 364 g/mol. The molecule has 26 heavy (non-hydrogen) atoms. The van der Waals surface area contributed by atoms with E-state index < -0.39 is 23.1 Å². The van der Waals surface area contributed by atoms with Crippen LogP contribution in [0.1, 0.15) is 25.7 Å². The summed E-state index contributed by atoms with van der Waals surface area (Å²) in [5.74, 6) is -0.637. The van der Waals surface area contributed by atoms with E-state index in [0.717, 1.165) is 0 Å². The van der Waals surface area contributed by atoms with Crippen LogP contribution in [0, 0.1) is 10.1 Å². The Morgan fingerprint density at radius 3 is 2.27 bits per heavy atom. The van der Waals surface area contributed by atoms with Gasteiger partial charge in [-0.05, 0) is 25.0 Å². The Kier molecular flexibility index (Phi) is 5.36. The summed E-state index contributed by atoms with van der Waals surface area (Å²) in [6, 6.07) is 5.91. The molecule has 2 aliphatic heterocycles. The molecule has 1 N–H and O–H groups in total. The molecule has 1 aromatic rings. The van der Waals surface area contributed by atoms with Crippen LogP contribution in [0.5, 0.6) is 5.75 Å². The minimum Gasteiger partial charge on any atom is -0.490 e. The van der Waals surface area contributed by atoms with Crippen molar-refractivity contribution in [2.24, 2.45) is 0 Å². The predicted molar refractivity (Wildman–Crippen MR) is 88.9 cm³/mol. The number of non-ortho nitro benzene ring substituents is 1. The molecule has 9 heteroatoms. The normalized spacial score (nSPS) is 23.6. The lowest BCUT2D eigenvalue weighted by molar-refractivity contribution is -0.384. The van der Waals surface area contributed by atoms with E-state index >= 15 is 0 Å². The average Bonchev–Trinajstić information content (AvgIpc) is 3.13. The predicted octanol–water partition coefficient (Wildman–Crippen LogP) is 1.60. The van der Waals surface area contributed by atoms with Gasteiger partial charge in [0.05, 0.1) is 4.92 Å². The van der Waals surface area contributed by atoms with Gasteiger partial charge in [-0.2, -0.15) is 0 Å². The standard InChI is InChI=1S/C17H20N2O7/c20-16(14-5-6-15(26-14)17(21)22)18-9-7-13(8-10-18)25-12-3-1-11(2-4-12)19(23)24/h1-4,13-15H,5-10H2,(H,21,22)/t14-,15+/m0/s1. The highest BCUT2D eigenvalue weighted by atomic mass is 16.6. The van der Waals surface area contributed by atoms with Crippen LogP contribution in [-0.4, -0.2) is 58.2 Å². The number of amides is 1. The highest BCUT2D eigenvalue weighted by Crippen LogP contribution is 2.25. The lowest BCUT2D eigenvalue weighted by atomic mass is 10.1. The van der Waals surface area contributed by atoms with Gasteiger partial charge in [0.25, 0.3) is 11.6 Å². The molecule has 0 unspecified atom stereocenters. The van der Waals surface area contributed by atoms with Crippen molar-refractivity contribution >= 4 is 17.6 Å². The third-order valence-electron chi connectivity index (χ3n) is 4.67. The second-order valence-corrected chi connectivity index (χ2v) is 6.42. The molecule has 2 aliphatic rings. The molecular weight excluding hydrogens is 344 g/mol. The molecule has 2 fully saturated rings. The zero-order valence-corrected chi connectivity index (χ0v) is 14.1. The second-order valence-electron chi connectivity index (χ2n) is 6.42. The minimum atomic E-state index is -1.03. The first-order chi connectivity index (χ1) is 12.4. The molecule has 1 aromatic carbocycles. The van der Waals surface area contributed by atoms with Crippen molar-refractivity contribution < 1.29 is 29.1 Å². The molecule has 2 saturated heterocycles. The number of carbonyl (C=O) groups excluding carboxylic acids is 1.